The molecule has 4 rings (SSSR count). The van der Waals surface area contributed by atoms with E-state index in [0.717, 1.165) is 22.5 Å². The van der Waals surface area contributed by atoms with Crippen molar-refractivity contribution in [3.63, 3.8) is 0 Å². The normalized spacial score (nSPS) is 17.8. The number of amides is 1. The number of benzodiazepines with no additional fused rings is 1. The van der Waals surface area contributed by atoms with Gasteiger partial charge in [-0.1, -0.05) is 36.4 Å². The van der Waals surface area contributed by atoms with Crippen LogP contribution in [-0.2, 0) is 4.79 Å². The number of aliphatic imine (C=N–C) groups is 1. The fraction of sp³-hybridized carbons (Fsp3) is 0.263. The third-order valence-electron chi connectivity index (χ3n) is 4.48. The summed E-state index contributed by atoms with van der Waals surface area (Å²) in [5, 5.41) is 0. The highest BCUT2D eigenvalue weighted by Crippen LogP contribution is 2.41. The molecule has 2 aliphatic rings. The van der Waals surface area contributed by atoms with Crippen LogP contribution in [0, 0.1) is 0 Å². The monoisotopic (exact) mass is 290 g/mol. The van der Waals surface area contributed by atoms with Crippen molar-refractivity contribution in [2.24, 2.45) is 4.99 Å². The molecule has 0 bridgehead atoms. The summed E-state index contributed by atoms with van der Waals surface area (Å²) in [6, 6.07) is 16.6. The van der Waals surface area contributed by atoms with Crippen LogP contribution in [0.5, 0.6) is 0 Å². The van der Waals surface area contributed by atoms with E-state index in [2.05, 4.69) is 35.3 Å². The molecule has 1 fully saturated rings. The zero-order chi connectivity index (χ0) is 15.1. The van der Waals surface area contributed by atoms with E-state index in [0.29, 0.717) is 5.92 Å². The van der Waals surface area contributed by atoms with Crippen molar-refractivity contribution in [1.82, 2.24) is 0 Å². The number of nitrogens with zero attached hydrogens (tertiary/aromatic N) is 2. The van der Waals surface area contributed by atoms with Crippen LogP contribution in [0.2, 0.25) is 0 Å². The molecule has 110 valence electrons. The summed E-state index contributed by atoms with van der Waals surface area (Å²) < 4.78 is 0. The molecule has 1 heterocycles. The smallest absolute Gasteiger partial charge is 0.248 e. The third kappa shape index (κ3) is 2.23. The summed E-state index contributed by atoms with van der Waals surface area (Å²) in [4.78, 5) is 18.5. The minimum atomic E-state index is 0.0337. The summed E-state index contributed by atoms with van der Waals surface area (Å²) in [6.07, 6.45) is 2.54. The fourth-order valence-electron chi connectivity index (χ4n) is 3.02. The Morgan fingerprint density at radius 1 is 1.09 bits per heavy atom. The Bertz CT molecular complexity index is 760. The average Bonchev–Trinajstić information content (AvgIpc) is 3.40. The van der Waals surface area contributed by atoms with Gasteiger partial charge in [0.15, 0.2) is 0 Å². The molecular formula is C19H18N2O. The lowest BCUT2D eigenvalue weighted by Crippen LogP contribution is -2.27. The van der Waals surface area contributed by atoms with E-state index in [9.17, 15) is 4.79 Å². The Labute approximate surface area is 130 Å². The maximum absolute atomic E-state index is 12.2. The first kappa shape index (κ1) is 13.3. The number of anilines is 1. The molecule has 1 amide bonds. The maximum atomic E-state index is 12.2. The number of hydrogen-bond donors (Lipinski definition) is 0. The molecule has 0 unspecified atom stereocenters. The molecule has 1 saturated carbocycles. The van der Waals surface area contributed by atoms with Crippen LogP contribution in [0.3, 0.4) is 0 Å². The first-order chi connectivity index (χ1) is 10.7. The van der Waals surface area contributed by atoms with Crippen molar-refractivity contribution in [1.29, 1.82) is 0 Å². The summed E-state index contributed by atoms with van der Waals surface area (Å²) in [6.45, 7) is 0.203. The Morgan fingerprint density at radius 3 is 2.59 bits per heavy atom. The average molecular weight is 290 g/mol. The lowest BCUT2D eigenvalue weighted by molar-refractivity contribution is -0.116. The maximum Gasteiger partial charge on any atom is 0.248 e. The molecule has 0 saturated heterocycles. The van der Waals surface area contributed by atoms with Gasteiger partial charge in [-0.05, 0) is 36.5 Å². The van der Waals surface area contributed by atoms with Gasteiger partial charge in [0.25, 0.3) is 0 Å². The largest absolute Gasteiger partial charge is 0.313 e. The summed E-state index contributed by atoms with van der Waals surface area (Å²) in [5.74, 6) is 0.720. The zero-order valence-electron chi connectivity index (χ0n) is 12.6. The summed E-state index contributed by atoms with van der Waals surface area (Å²) in [5.41, 5.74) is 5.39. The van der Waals surface area contributed by atoms with Crippen LogP contribution in [0.4, 0.5) is 5.69 Å². The highest BCUT2D eigenvalue weighted by atomic mass is 16.2. The standard InChI is InChI=1S/C19H18N2O/c1-21-17-10-9-15(13-7-8-13)11-16(17)19(20-12-18(21)22)14-5-3-2-4-6-14/h2-6,9-11,13H,7-8,12H2,1H3. The van der Waals surface area contributed by atoms with Crippen molar-refractivity contribution in [3.05, 3.63) is 65.2 Å². The molecule has 0 radical (unpaired) electrons. The van der Waals surface area contributed by atoms with Gasteiger partial charge in [0.05, 0.1) is 11.4 Å². The van der Waals surface area contributed by atoms with E-state index in [-0.39, 0.29) is 12.5 Å². The van der Waals surface area contributed by atoms with Crippen molar-refractivity contribution in [3.8, 4) is 0 Å². The number of benzene rings is 2. The Kier molecular flexibility index (Phi) is 3.07. The van der Waals surface area contributed by atoms with Crippen molar-refractivity contribution in [2.75, 3.05) is 18.5 Å². The molecule has 1 aliphatic heterocycles. The Balaban J connectivity index is 1.90. The van der Waals surface area contributed by atoms with E-state index < -0.39 is 0 Å². The van der Waals surface area contributed by atoms with E-state index in [1.54, 1.807) is 4.90 Å². The summed E-state index contributed by atoms with van der Waals surface area (Å²) >= 11 is 0. The molecule has 2 aromatic rings. The third-order valence-corrected chi connectivity index (χ3v) is 4.48. The molecule has 0 aromatic heterocycles. The number of carbonyl (C=O) groups is 1. The van der Waals surface area contributed by atoms with Gasteiger partial charge in [-0.3, -0.25) is 9.79 Å². The number of carbonyl (C=O) groups excluding carboxylic acids is 1. The SMILES string of the molecule is CN1C(=O)CN=C(c2ccccc2)c2cc(C3CC3)ccc21. The topological polar surface area (TPSA) is 32.7 Å². The fourth-order valence-corrected chi connectivity index (χ4v) is 3.02. The molecule has 0 atom stereocenters. The Morgan fingerprint density at radius 2 is 1.86 bits per heavy atom. The lowest BCUT2D eigenvalue weighted by Gasteiger charge is -2.19. The minimum Gasteiger partial charge on any atom is -0.313 e. The van der Waals surface area contributed by atoms with E-state index in [1.165, 1.54) is 18.4 Å². The second kappa shape index (κ2) is 5.09. The number of likely N-dealkylation sites (N-methyl/N-ethyl adjacent to an activating group) is 1. The number of hydrogen-bond acceptors (Lipinski definition) is 2. The van der Waals surface area contributed by atoms with Crippen LogP contribution < -0.4 is 4.90 Å². The van der Waals surface area contributed by atoms with Gasteiger partial charge in [0.1, 0.15) is 6.54 Å². The van der Waals surface area contributed by atoms with Crippen molar-refractivity contribution >= 4 is 17.3 Å². The van der Waals surface area contributed by atoms with Crippen molar-refractivity contribution < 1.29 is 4.79 Å². The first-order valence-electron chi connectivity index (χ1n) is 7.75. The summed E-state index contributed by atoms with van der Waals surface area (Å²) in [7, 11) is 1.83. The van der Waals surface area contributed by atoms with E-state index in [1.807, 2.05) is 25.2 Å². The number of fused-ring (bicyclic) bond motifs is 1. The van der Waals surface area contributed by atoms with E-state index >= 15 is 0 Å². The Hall–Kier alpha value is -2.42. The molecule has 3 nitrogen and oxygen atoms in total. The van der Waals surface area contributed by atoms with Gasteiger partial charge in [-0.2, -0.15) is 0 Å². The molecule has 2 aromatic carbocycles. The highest BCUT2D eigenvalue weighted by Gasteiger charge is 2.27. The minimum absolute atomic E-state index is 0.0337. The van der Waals surface area contributed by atoms with Crippen LogP contribution in [-0.4, -0.2) is 25.2 Å². The molecule has 3 heteroatoms. The van der Waals surface area contributed by atoms with Gasteiger partial charge in [0.2, 0.25) is 5.91 Å². The second-order valence-corrected chi connectivity index (χ2v) is 6.03. The predicted molar refractivity (Wildman–Crippen MR) is 88.8 cm³/mol. The van der Waals surface area contributed by atoms with Crippen LogP contribution in [0.15, 0.2) is 53.5 Å². The number of rotatable bonds is 2. The van der Waals surface area contributed by atoms with Gasteiger partial charge in [0, 0.05) is 18.2 Å². The van der Waals surface area contributed by atoms with Gasteiger partial charge >= 0.3 is 0 Å². The second-order valence-electron chi connectivity index (χ2n) is 6.03. The zero-order valence-corrected chi connectivity index (χ0v) is 12.6. The molecule has 0 N–H and O–H groups in total. The lowest BCUT2D eigenvalue weighted by atomic mass is 9.97. The highest BCUT2D eigenvalue weighted by molar-refractivity contribution is 6.19. The molecule has 0 spiro atoms. The van der Waals surface area contributed by atoms with Gasteiger partial charge in [-0.25, -0.2) is 0 Å². The van der Waals surface area contributed by atoms with Gasteiger partial charge < -0.3 is 4.90 Å². The van der Waals surface area contributed by atoms with E-state index in [4.69, 9.17) is 0 Å². The molecule has 1 aliphatic carbocycles. The predicted octanol–water partition coefficient (Wildman–Crippen LogP) is 3.38. The van der Waals surface area contributed by atoms with Crippen LogP contribution in [0.25, 0.3) is 0 Å². The quantitative estimate of drug-likeness (QED) is 0.834. The van der Waals surface area contributed by atoms with Crippen LogP contribution >= 0.6 is 0 Å². The van der Waals surface area contributed by atoms with Crippen molar-refractivity contribution in [2.45, 2.75) is 18.8 Å². The van der Waals surface area contributed by atoms with Crippen LogP contribution in [0.1, 0.15) is 35.4 Å². The first-order valence-corrected chi connectivity index (χ1v) is 7.75. The van der Waals surface area contributed by atoms with Gasteiger partial charge in [-0.15, -0.1) is 0 Å². The molecular weight excluding hydrogens is 272 g/mol. The molecule has 22 heavy (non-hydrogen) atoms.